The van der Waals surface area contributed by atoms with Gasteiger partial charge in [-0.15, -0.1) is 0 Å². The Morgan fingerprint density at radius 2 is 1.06 bits per heavy atom. The van der Waals surface area contributed by atoms with Gasteiger partial charge < -0.3 is 9.59 Å². The van der Waals surface area contributed by atoms with Gasteiger partial charge in [-0.3, -0.25) is 0 Å². The SMILES string of the molecule is CCCCCCCCCCCC[Si](C)(O)O. The number of unbranched alkanes of at least 4 members (excludes halogenated alkanes) is 9. The zero-order valence-electron chi connectivity index (χ0n) is 11.2. The van der Waals surface area contributed by atoms with Crippen molar-refractivity contribution in [3.05, 3.63) is 0 Å². The second-order valence-corrected chi connectivity index (χ2v) is 8.08. The molecule has 2 N–H and O–H groups in total. The highest BCUT2D eigenvalue weighted by Gasteiger charge is 2.19. The average molecular weight is 246 g/mol. The Morgan fingerprint density at radius 1 is 0.688 bits per heavy atom. The van der Waals surface area contributed by atoms with E-state index < -0.39 is 8.56 Å². The Labute approximate surface area is 102 Å². The second-order valence-electron chi connectivity index (χ2n) is 5.15. The smallest absolute Gasteiger partial charge is 0.329 e. The lowest BCUT2D eigenvalue weighted by atomic mass is 10.1. The van der Waals surface area contributed by atoms with E-state index in [0.29, 0.717) is 6.04 Å². The maximum Gasteiger partial charge on any atom is 0.329 e. The third-order valence-corrected chi connectivity index (χ3v) is 4.30. The monoisotopic (exact) mass is 246 g/mol. The van der Waals surface area contributed by atoms with Crippen LogP contribution in [0.1, 0.15) is 71.1 Å². The first kappa shape index (κ1) is 16.1. The Morgan fingerprint density at radius 3 is 1.44 bits per heavy atom. The third-order valence-electron chi connectivity index (χ3n) is 3.00. The predicted octanol–water partition coefficient (Wildman–Crippen LogP) is 3.96. The minimum Gasteiger partial charge on any atom is -0.411 e. The van der Waals surface area contributed by atoms with Gasteiger partial charge in [-0.05, 0) is 12.6 Å². The molecule has 0 saturated carbocycles. The van der Waals surface area contributed by atoms with Gasteiger partial charge in [0.2, 0.25) is 0 Å². The van der Waals surface area contributed by atoms with Crippen LogP contribution in [0.5, 0.6) is 0 Å². The molecule has 98 valence electrons. The normalized spacial score (nSPS) is 12.0. The van der Waals surface area contributed by atoms with Crippen LogP contribution in [0, 0.1) is 0 Å². The van der Waals surface area contributed by atoms with Gasteiger partial charge in [-0.1, -0.05) is 71.1 Å². The lowest BCUT2D eigenvalue weighted by Crippen LogP contribution is -2.29. The van der Waals surface area contributed by atoms with E-state index in [4.69, 9.17) is 0 Å². The zero-order chi connectivity index (χ0) is 12.3. The summed E-state index contributed by atoms with van der Waals surface area (Å²) in [6, 6.07) is 0.642. The van der Waals surface area contributed by atoms with Crippen molar-refractivity contribution >= 4 is 8.56 Å². The fourth-order valence-electron chi connectivity index (χ4n) is 1.95. The third kappa shape index (κ3) is 14.1. The Balaban J connectivity index is 2.99. The van der Waals surface area contributed by atoms with Crippen molar-refractivity contribution in [3.63, 3.8) is 0 Å². The van der Waals surface area contributed by atoms with E-state index in [1.807, 2.05) is 0 Å². The van der Waals surface area contributed by atoms with Crippen LogP contribution < -0.4 is 0 Å². The summed E-state index contributed by atoms with van der Waals surface area (Å²) in [6.07, 6.45) is 13.0. The predicted molar refractivity (Wildman–Crippen MR) is 72.7 cm³/mol. The van der Waals surface area contributed by atoms with E-state index in [0.717, 1.165) is 6.42 Å². The molecule has 0 bridgehead atoms. The first-order valence-corrected chi connectivity index (χ1v) is 9.61. The molecule has 3 heteroatoms. The van der Waals surface area contributed by atoms with E-state index in [1.165, 1.54) is 57.8 Å². The van der Waals surface area contributed by atoms with Crippen LogP contribution in [0.15, 0.2) is 0 Å². The van der Waals surface area contributed by atoms with Gasteiger partial charge >= 0.3 is 8.56 Å². The van der Waals surface area contributed by atoms with Gasteiger partial charge in [0.15, 0.2) is 0 Å². The van der Waals surface area contributed by atoms with Crippen LogP contribution in [0.3, 0.4) is 0 Å². The molecule has 0 aliphatic rings. The molecule has 0 amide bonds. The molecule has 16 heavy (non-hydrogen) atoms. The topological polar surface area (TPSA) is 40.5 Å². The highest BCUT2D eigenvalue weighted by Crippen LogP contribution is 2.13. The molecule has 2 nitrogen and oxygen atoms in total. The van der Waals surface area contributed by atoms with Crippen molar-refractivity contribution in [1.82, 2.24) is 0 Å². The Bertz CT molecular complexity index is 143. The maximum atomic E-state index is 9.24. The van der Waals surface area contributed by atoms with E-state index in [2.05, 4.69) is 6.92 Å². The Kier molecular flexibility index (Phi) is 10.4. The first-order chi connectivity index (χ1) is 7.56. The van der Waals surface area contributed by atoms with Crippen molar-refractivity contribution in [2.24, 2.45) is 0 Å². The standard InChI is InChI=1S/C13H30O2Si/c1-3-4-5-6-7-8-9-10-11-12-13-16(2,14)15/h14-15H,3-13H2,1-2H3. The summed E-state index contributed by atoms with van der Waals surface area (Å²) < 4.78 is 0. The summed E-state index contributed by atoms with van der Waals surface area (Å²) in [5.41, 5.74) is 0. The van der Waals surface area contributed by atoms with Gasteiger partial charge in [-0.25, -0.2) is 0 Å². The molecule has 0 fully saturated rings. The molecular weight excluding hydrogens is 216 g/mol. The molecule has 0 aliphatic carbocycles. The molecule has 0 spiro atoms. The van der Waals surface area contributed by atoms with Crippen molar-refractivity contribution < 1.29 is 9.59 Å². The number of hydrogen-bond donors (Lipinski definition) is 2. The fourth-order valence-corrected chi connectivity index (χ4v) is 2.87. The molecule has 0 aromatic rings. The molecule has 0 radical (unpaired) electrons. The van der Waals surface area contributed by atoms with Crippen LogP contribution >= 0.6 is 0 Å². The van der Waals surface area contributed by atoms with Crippen molar-refractivity contribution in [2.45, 2.75) is 83.7 Å². The number of rotatable bonds is 11. The highest BCUT2D eigenvalue weighted by atomic mass is 28.4. The summed E-state index contributed by atoms with van der Waals surface area (Å²) in [7, 11) is -2.75. The molecule has 0 unspecified atom stereocenters. The van der Waals surface area contributed by atoms with E-state index in [9.17, 15) is 9.59 Å². The quantitative estimate of drug-likeness (QED) is 0.428. The van der Waals surface area contributed by atoms with Crippen LogP contribution in [0.25, 0.3) is 0 Å². The fraction of sp³-hybridized carbons (Fsp3) is 1.00. The molecule has 0 aromatic heterocycles. The largest absolute Gasteiger partial charge is 0.411 e. The zero-order valence-corrected chi connectivity index (χ0v) is 12.2. The minimum atomic E-state index is -2.75. The first-order valence-electron chi connectivity index (χ1n) is 7.01. The van der Waals surface area contributed by atoms with Gasteiger partial charge in [-0.2, -0.15) is 0 Å². The van der Waals surface area contributed by atoms with E-state index in [1.54, 1.807) is 6.55 Å². The summed E-state index contributed by atoms with van der Waals surface area (Å²) in [5, 5.41) is 0. The lowest BCUT2D eigenvalue weighted by molar-refractivity contribution is 0.366. The summed E-state index contributed by atoms with van der Waals surface area (Å²) in [4.78, 5) is 18.5. The van der Waals surface area contributed by atoms with Crippen LogP contribution in [0.2, 0.25) is 12.6 Å². The minimum absolute atomic E-state index is 0.642. The average Bonchev–Trinajstić information content (AvgIpc) is 2.19. The van der Waals surface area contributed by atoms with E-state index in [-0.39, 0.29) is 0 Å². The molecular formula is C13H30O2Si. The number of hydrogen-bond acceptors (Lipinski definition) is 2. The van der Waals surface area contributed by atoms with Gasteiger partial charge in [0, 0.05) is 0 Å². The van der Waals surface area contributed by atoms with Crippen LogP contribution in [0.4, 0.5) is 0 Å². The van der Waals surface area contributed by atoms with Gasteiger partial charge in [0.25, 0.3) is 0 Å². The molecule has 0 saturated heterocycles. The molecule has 0 atom stereocenters. The summed E-state index contributed by atoms with van der Waals surface area (Å²) in [6.45, 7) is 3.85. The molecule has 0 rings (SSSR count). The van der Waals surface area contributed by atoms with Crippen LogP contribution in [-0.4, -0.2) is 18.2 Å². The molecule has 0 heterocycles. The van der Waals surface area contributed by atoms with Crippen molar-refractivity contribution in [3.8, 4) is 0 Å². The molecule has 0 aromatic carbocycles. The lowest BCUT2D eigenvalue weighted by Gasteiger charge is -2.10. The maximum absolute atomic E-state index is 9.24. The van der Waals surface area contributed by atoms with Gasteiger partial charge in [0.1, 0.15) is 0 Å². The van der Waals surface area contributed by atoms with Crippen molar-refractivity contribution in [2.75, 3.05) is 0 Å². The van der Waals surface area contributed by atoms with E-state index >= 15 is 0 Å². The van der Waals surface area contributed by atoms with Crippen LogP contribution in [-0.2, 0) is 0 Å². The summed E-state index contributed by atoms with van der Waals surface area (Å²) in [5.74, 6) is 0. The Hall–Kier alpha value is 0.137. The highest BCUT2D eigenvalue weighted by molar-refractivity contribution is 6.63. The summed E-state index contributed by atoms with van der Waals surface area (Å²) >= 11 is 0. The van der Waals surface area contributed by atoms with Crippen molar-refractivity contribution in [1.29, 1.82) is 0 Å². The van der Waals surface area contributed by atoms with Gasteiger partial charge in [0.05, 0.1) is 0 Å². The second kappa shape index (κ2) is 10.3. The molecule has 0 aliphatic heterocycles.